The Morgan fingerprint density at radius 3 is 2.37 bits per heavy atom. The first-order valence-corrected chi connectivity index (χ1v) is 13.7. The maximum atomic E-state index is 14.6. The summed E-state index contributed by atoms with van der Waals surface area (Å²) < 4.78 is 55.4. The summed E-state index contributed by atoms with van der Waals surface area (Å²) in [5, 5.41) is 27.4. The molecular weight excluding hydrogens is 514 g/mol. The summed E-state index contributed by atoms with van der Waals surface area (Å²) in [6, 6.07) is 12.1. The van der Waals surface area contributed by atoms with Crippen LogP contribution in [0, 0.1) is 11.6 Å². The van der Waals surface area contributed by atoms with Crippen LogP contribution in [0.1, 0.15) is 5.56 Å². The normalized spacial score (nSPS) is 12.8. The number of nitrogens with zero attached hydrogens (tertiary/aromatic N) is 4. The van der Waals surface area contributed by atoms with Crippen LogP contribution < -0.4 is 0 Å². The van der Waals surface area contributed by atoms with Crippen LogP contribution in [0.15, 0.2) is 73.3 Å². The van der Waals surface area contributed by atoms with E-state index in [1.54, 1.807) is 46.0 Å². The van der Waals surface area contributed by atoms with Gasteiger partial charge >= 0.3 is 0 Å². The Bertz CT molecular complexity index is 1750. The Kier molecular flexibility index (Phi) is 6.82. The van der Waals surface area contributed by atoms with Crippen molar-refractivity contribution in [3.63, 3.8) is 0 Å². The number of aliphatic hydroxyl groups is 2. The van der Waals surface area contributed by atoms with Crippen LogP contribution >= 0.6 is 0 Å². The van der Waals surface area contributed by atoms with Crippen molar-refractivity contribution >= 4 is 15.4 Å². The number of benzene rings is 2. The summed E-state index contributed by atoms with van der Waals surface area (Å²) in [7, 11) is -3.38. The van der Waals surface area contributed by atoms with E-state index < -0.39 is 27.6 Å². The van der Waals surface area contributed by atoms with Gasteiger partial charge in [0.2, 0.25) is 0 Å². The summed E-state index contributed by atoms with van der Waals surface area (Å²) in [5.41, 5.74) is 4.74. The van der Waals surface area contributed by atoms with Crippen molar-refractivity contribution in [2.75, 3.05) is 12.9 Å². The lowest BCUT2D eigenvalue weighted by molar-refractivity contribution is 0.0783. The van der Waals surface area contributed by atoms with Crippen molar-refractivity contribution in [3.8, 4) is 33.4 Å². The van der Waals surface area contributed by atoms with Gasteiger partial charge < -0.3 is 10.2 Å². The lowest BCUT2D eigenvalue weighted by Gasteiger charge is -2.11. The smallest absolute Gasteiger partial charge is 0.151 e. The van der Waals surface area contributed by atoms with E-state index in [2.05, 4.69) is 10.2 Å². The summed E-state index contributed by atoms with van der Waals surface area (Å²) in [6.45, 7) is -0.205. The molecule has 0 amide bonds. The molecule has 0 aliphatic heterocycles. The Balaban J connectivity index is 1.56. The molecule has 5 rings (SSSR count). The lowest BCUT2D eigenvalue weighted by Crippen LogP contribution is -2.19. The number of fused-ring (bicyclic) bond motifs is 1. The first-order chi connectivity index (χ1) is 18.1. The highest BCUT2D eigenvalue weighted by molar-refractivity contribution is 7.89. The molecule has 0 bridgehead atoms. The van der Waals surface area contributed by atoms with Crippen molar-refractivity contribution in [3.05, 3.63) is 90.5 Å². The predicted octanol–water partition coefficient (Wildman–Crippen LogP) is 3.71. The third kappa shape index (κ3) is 5.49. The van der Waals surface area contributed by atoms with Crippen molar-refractivity contribution in [2.45, 2.75) is 18.4 Å². The van der Waals surface area contributed by atoms with E-state index in [1.165, 1.54) is 6.07 Å². The molecule has 2 aromatic carbocycles. The zero-order valence-corrected chi connectivity index (χ0v) is 21.1. The highest BCUT2D eigenvalue weighted by Crippen LogP contribution is 2.33. The highest BCUT2D eigenvalue weighted by atomic mass is 32.2. The number of halogens is 2. The molecule has 0 aliphatic rings. The fourth-order valence-electron chi connectivity index (χ4n) is 4.38. The van der Waals surface area contributed by atoms with E-state index in [0.717, 1.165) is 35.0 Å². The summed E-state index contributed by atoms with van der Waals surface area (Å²) in [6.07, 6.45) is 7.07. The van der Waals surface area contributed by atoms with Crippen LogP contribution in [-0.2, 0) is 22.1 Å². The second kappa shape index (κ2) is 10.1. The zero-order chi connectivity index (χ0) is 27.0. The molecule has 0 aliphatic carbocycles. The van der Waals surface area contributed by atoms with Crippen molar-refractivity contribution in [1.82, 2.24) is 19.4 Å². The predicted molar refractivity (Wildman–Crippen MR) is 139 cm³/mol. The molecule has 8 nitrogen and oxygen atoms in total. The molecule has 0 saturated heterocycles. The quantitative estimate of drug-likeness (QED) is 0.312. The maximum absolute atomic E-state index is 14.6. The van der Waals surface area contributed by atoms with Gasteiger partial charge in [0.25, 0.3) is 0 Å². The van der Waals surface area contributed by atoms with Gasteiger partial charge in [-0.15, -0.1) is 0 Å². The van der Waals surface area contributed by atoms with Gasteiger partial charge in [-0.1, -0.05) is 6.07 Å². The summed E-state index contributed by atoms with van der Waals surface area (Å²) in [5.74, 6) is -1.69. The minimum atomic E-state index is -3.38. The number of aromatic nitrogens is 4. The average molecular weight is 539 g/mol. The van der Waals surface area contributed by atoms with Crippen molar-refractivity contribution < 1.29 is 27.4 Å². The van der Waals surface area contributed by atoms with Crippen LogP contribution in [-0.4, -0.2) is 57.0 Å². The third-order valence-corrected chi connectivity index (χ3v) is 6.92. The SMILES string of the molecule is CS(=O)(=O)Cc1cc(-c2ccc(F)cc2F)cc(-c2cnn3cc(-c4cnn(CC(O)CO)c4)ccc23)c1. The fourth-order valence-corrected chi connectivity index (χ4v) is 5.15. The van der Waals surface area contributed by atoms with Crippen LogP contribution in [0.4, 0.5) is 8.78 Å². The van der Waals surface area contributed by atoms with E-state index in [9.17, 15) is 22.3 Å². The maximum Gasteiger partial charge on any atom is 0.151 e. The number of rotatable bonds is 8. The monoisotopic (exact) mass is 538 g/mol. The minimum Gasteiger partial charge on any atom is -0.394 e. The van der Waals surface area contributed by atoms with Gasteiger partial charge in [0, 0.05) is 47.0 Å². The van der Waals surface area contributed by atoms with Gasteiger partial charge in [-0.25, -0.2) is 21.7 Å². The first kappa shape index (κ1) is 25.7. The van der Waals surface area contributed by atoms with E-state index >= 15 is 0 Å². The largest absolute Gasteiger partial charge is 0.394 e. The van der Waals surface area contributed by atoms with E-state index in [-0.39, 0.29) is 24.5 Å². The van der Waals surface area contributed by atoms with Crippen molar-refractivity contribution in [1.29, 1.82) is 0 Å². The van der Waals surface area contributed by atoms with Crippen molar-refractivity contribution in [2.24, 2.45) is 0 Å². The number of sulfone groups is 1. The molecule has 0 saturated carbocycles. The number of hydrogen-bond acceptors (Lipinski definition) is 6. The van der Waals surface area contributed by atoms with Gasteiger partial charge in [0.05, 0.1) is 42.9 Å². The zero-order valence-electron chi connectivity index (χ0n) is 20.3. The Morgan fingerprint density at radius 2 is 1.66 bits per heavy atom. The fraction of sp³-hybridized carbons (Fsp3) is 0.185. The Labute approximate surface area is 217 Å². The molecule has 196 valence electrons. The Morgan fingerprint density at radius 1 is 0.895 bits per heavy atom. The number of pyridine rings is 1. The van der Waals surface area contributed by atoms with Crippen LogP contribution in [0.25, 0.3) is 38.9 Å². The van der Waals surface area contributed by atoms with Gasteiger partial charge in [-0.3, -0.25) is 4.68 Å². The molecule has 3 aromatic heterocycles. The van der Waals surface area contributed by atoms with Crippen LogP contribution in [0.2, 0.25) is 0 Å². The second-order valence-electron chi connectivity index (χ2n) is 9.21. The number of aliphatic hydroxyl groups excluding tert-OH is 2. The third-order valence-electron chi connectivity index (χ3n) is 6.07. The molecule has 0 radical (unpaired) electrons. The lowest BCUT2D eigenvalue weighted by atomic mass is 9.96. The van der Waals surface area contributed by atoms with E-state index in [0.29, 0.717) is 22.3 Å². The van der Waals surface area contributed by atoms with Crippen LogP contribution in [0.5, 0.6) is 0 Å². The number of hydrogen-bond donors (Lipinski definition) is 2. The molecule has 1 atom stereocenters. The highest BCUT2D eigenvalue weighted by Gasteiger charge is 2.16. The topological polar surface area (TPSA) is 110 Å². The van der Waals surface area contributed by atoms with Gasteiger partial charge in [0.1, 0.15) is 11.6 Å². The summed E-state index contributed by atoms with van der Waals surface area (Å²) in [4.78, 5) is 0. The molecule has 5 aromatic rings. The summed E-state index contributed by atoms with van der Waals surface area (Å²) >= 11 is 0. The molecule has 0 spiro atoms. The van der Waals surface area contributed by atoms with Gasteiger partial charge in [0.15, 0.2) is 9.84 Å². The molecule has 1 unspecified atom stereocenters. The second-order valence-corrected chi connectivity index (χ2v) is 11.3. The average Bonchev–Trinajstić information content (AvgIpc) is 3.49. The molecule has 3 heterocycles. The van der Waals surface area contributed by atoms with E-state index in [1.807, 2.05) is 18.3 Å². The first-order valence-electron chi connectivity index (χ1n) is 11.7. The van der Waals surface area contributed by atoms with Crippen LogP contribution in [0.3, 0.4) is 0 Å². The molecule has 11 heteroatoms. The van der Waals surface area contributed by atoms with Gasteiger partial charge in [-0.05, 0) is 53.1 Å². The molecule has 0 fully saturated rings. The minimum absolute atomic E-state index is 0.157. The van der Waals surface area contributed by atoms with Gasteiger partial charge in [-0.2, -0.15) is 10.2 Å². The Hall–Kier alpha value is -3.93. The standard InChI is InChI=1S/C27H24F2N4O4S/c1-38(36,37)16-17-6-19(24-4-3-22(28)9-26(24)29)8-20(7-17)25-11-31-33-13-18(2-5-27(25)33)21-10-30-32(12-21)14-23(35)15-34/h2-13,23,34-35H,14-16H2,1H3. The van der Waals surface area contributed by atoms with E-state index in [4.69, 9.17) is 5.11 Å². The molecule has 38 heavy (non-hydrogen) atoms. The molecular formula is C27H24F2N4O4S. The molecule has 2 N–H and O–H groups in total.